The van der Waals surface area contributed by atoms with E-state index in [1.54, 1.807) is 0 Å². The lowest BCUT2D eigenvalue weighted by Crippen LogP contribution is -2.54. The normalized spacial score (nSPS) is 38.7. The first kappa shape index (κ1) is 12.8. The highest BCUT2D eigenvalue weighted by Gasteiger charge is 2.36. The third-order valence-electron chi connectivity index (χ3n) is 4.19. The second-order valence-electron chi connectivity index (χ2n) is 5.77. The fourth-order valence-corrected chi connectivity index (χ4v) is 2.87. The van der Waals surface area contributed by atoms with Crippen LogP contribution in [0.1, 0.15) is 45.4 Å². The highest BCUT2D eigenvalue weighted by Crippen LogP contribution is 2.27. The smallest absolute Gasteiger partial charge is 0.227 e. The van der Waals surface area contributed by atoms with Gasteiger partial charge in [0.1, 0.15) is 0 Å². The Kier molecular flexibility index (Phi) is 4.05. The van der Waals surface area contributed by atoms with Crippen LogP contribution in [-0.4, -0.2) is 36.2 Å². The van der Waals surface area contributed by atoms with Crippen LogP contribution >= 0.6 is 0 Å². The molecule has 2 rings (SSSR count). The average molecular weight is 240 g/mol. The van der Waals surface area contributed by atoms with Crippen LogP contribution in [-0.2, 0) is 4.79 Å². The lowest BCUT2D eigenvalue weighted by molar-refractivity contribution is -0.133. The van der Waals surface area contributed by atoms with Gasteiger partial charge in [-0.15, -0.1) is 0 Å². The molecule has 3 atom stereocenters. The first-order chi connectivity index (χ1) is 8.12. The van der Waals surface area contributed by atoms with E-state index < -0.39 is 0 Å². The van der Waals surface area contributed by atoms with Crippen molar-refractivity contribution in [3.05, 3.63) is 0 Å². The highest BCUT2D eigenvalue weighted by atomic mass is 16.3. The molecule has 1 aliphatic heterocycles. The van der Waals surface area contributed by atoms with Gasteiger partial charge in [-0.1, -0.05) is 12.8 Å². The summed E-state index contributed by atoms with van der Waals surface area (Å²) in [6, 6.07) is -0.0324. The molecule has 1 heterocycles. The molecular weight excluding hydrogens is 216 g/mol. The molecule has 3 N–H and O–H groups in total. The predicted molar refractivity (Wildman–Crippen MR) is 66.6 cm³/mol. The van der Waals surface area contributed by atoms with Gasteiger partial charge in [-0.2, -0.15) is 0 Å². The molecule has 17 heavy (non-hydrogen) atoms. The summed E-state index contributed by atoms with van der Waals surface area (Å²) in [7, 11) is 0. The van der Waals surface area contributed by atoms with Crippen molar-refractivity contribution in [1.82, 2.24) is 10.6 Å². The number of aliphatic hydroxyl groups excluding tert-OH is 1. The molecule has 2 fully saturated rings. The molecule has 1 amide bonds. The number of hydrogen-bond acceptors (Lipinski definition) is 3. The Labute approximate surface area is 103 Å². The molecule has 98 valence electrons. The van der Waals surface area contributed by atoms with Crippen LogP contribution in [0.3, 0.4) is 0 Å². The number of hydrogen-bond donors (Lipinski definition) is 3. The van der Waals surface area contributed by atoms with Crippen LogP contribution in [0.15, 0.2) is 0 Å². The maximum atomic E-state index is 12.3. The number of piperidine rings is 1. The van der Waals surface area contributed by atoms with Crippen molar-refractivity contribution in [3.63, 3.8) is 0 Å². The number of nitrogens with one attached hydrogen (secondary N) is 2. The SMILES string of the molecule is CC1(C(=O)NC2CCCCC2O)CCCNC1. The Morgan fingerprint density at radius 2 is 2.12 bits per heavy atom. The first-order valence-electron chi connectivity index (χ1n) is 6.82. The molecular formula is C13H24N2O2. The van der Waals surface area contributed by atoms with Gasteiger partial charge in [0, 0.05) is 6.54 Å². The molecule has 0 bridgehead atoms. The minimum Gasteiger partial charge on any atom is -0.391 e. The predicted octanol–water partition coefficient (Wildman–Crippen LogP) is 0.796. The van der Waals surface area contributed by atoms with Crippen molar-refractivity contribution < 1.29 is 9.90 Å². The fourth-order valence-electron chi connectivity index (χ4n) is 2.87. The largest absolute Gasteiger partial charge is 0.391 e. The minimum atomic E-state index is -0.354. The van der Waals surface area contributed by atoms with Crippen LogP contribution in [0.25, 0.3) is 0 Å². The van der Waals surface area contributed by atoms with Gasteiger partial charge in [0.2, 0.25) is 5.91 Å². The maximum absolute atomic E-state index is 12.3. The molecule has 0 aromatic heterocycles. The zero-order valence-corrected chi connectivity index (χ0v) is 10.7. The van der Waals surface area contributed by atoms with Crippen LogP contribution in [0, 0.1) is 5.41 Å². The third kappa shape index (κ3) is 2.99. The summed E-state index contributed by atoms with van der Waals surface area (Å²) >= 11 is 0. The van der Waals surface area contributed by atoms with Crippen LogP contribution < -0.4 is 10.6 Å². The van der Waals surface area contributed by atoms with Crippen LogP contribution in [0.2, 0.25) is 0 Å². The van der Waals surface area contributed by atoms with Gasteiger partial charge in [0.05, 0.1) is 17.6 Å². The Balaban J connectivity index is 1.90. The molecule has 0 aromatic carbocycles. The Morgan fingerprint density at radius 1 is 1.35 bits per heavy atom. The topological polar surface area (TPSA) is 61.4 Å². The molecule has 1 saturated heterocycles. The lowest BCUT2D eigenvalue weighted by Gasteiger charge is -2.36. The van der Waals surface area contributed by atoms with Gasteiger partial charge >= 0.3 is 0 Å². The van der Waals surface area contributed by atoms with Crippen molar-refractivity contribution in [3.8, 4) is 0 Å². The second kappa shape index (κ2) is 5.36. The third-order valence-corrected chi connectivity index (χ3v) is 4.19. The Bertz CT molecular complexity index is 275. The van der Waals surface area contributed by atoms with Crippen molar-refractivity contribution in [2.75, 3.05) is 13.1 Å². The molecule has 2 aliphatic rings. The summed E-state index contributed by atoms with van der Waals surface area (Å²) in [5, 5.41) is 16.2. The van der Waals surface area contributed by atoms with Crippen LogP contribution in [0.4, 0.5) is 0 Å². The van der Waals surface area contributed by atoms with E-state index in [4.69, 9.17) is 0 Å². The van der Waals surface area contributed by atoms with E-state index in [1.165, 1.54) is 0 Å². The molecule has 1 saturated carbocycles. The van der Waals surface area contributed by atoms with Crippen molar-refractivity contribution in [2.24, 2.45) is 5.41 Å². The second-order valence-corrected chi connectivity index (χ2v) is 5.77. The standard InChI is InChI=1S/C13H24N2O2/c1-13(7-4-8-14-9-13)12(17)15-10-5-2-3-6-11(10)16/h10-11,14,16H,2-9H2,1H3,(H,15,17). The quantitative estimate of drug-likeness (QED) is 0.669. The van der Waals surface area contributed by atoms with Gasteiger partial charge in [0.15, 0.2) is 0 Å². The zero-order valence-electron chi connectivity index (χ0n) is 10.7. The van der Waals surface area contributed by atoms with E-state index in [9.17, 15) is 9.90 Å². The Hall–Kier alpha value is -0.610. The molecule has 1 aliphatic carbocycles. The van der Waals surface area contributed by atoms with E-state index >= 15 is 0 Å². The molecule has 0 aromatic rings. The van der Waals surface area contributed by atoms with E-state index in [2.05, 4.69) is 10.6 Å². The summed E-state index contributed by atoms with van der Waals surface area (Å²) in [4.78, 5) is 12.3. The van der Waals surface area contributed by atoms with E-state index in [0.29, 0.717) is 0 Å². The van der Waals surface area contributed by atoms with E-state index in [1.807, 2.05) is 6.92 Å². The number of carbonyl (C=O) groups is 1. The lowest BCUT2D eigenvalue weighted by atomic mass is 9.81. The monoisotopic (exact) mass is 240 g/mol. The zero-order chi connectivity index (χ0) is 12.3. The summed E-state index contributed by atoms with van der Waals surface area (Å²) in [6.07, 6.45) is 5.55. The van der Waals surface area contributed by atoms with Crippen LogP contribution in [0.5, 0.6) is 0 Å². The minimum absolute atomic E-state index is 0.0324. The Morgan fingerprint density at radius 3 is 2.76 bits per heavy atom. The van der Waals surface area contributed by atoms with Crippen molar-refractivity contribution in [1.29, 1.82) is 0 Å². The van der Waals surface area contributed by atoms with E-state index in [-0.39, 0.29) is 23.5 Å². The molecule has 0 radical (unpaired) electrons. The van der Waals surface area contributed by atoms with Gasteiger partial charge in [-0.3, -0.25) is 4.79 Å². The number of carbonyl (C=O) groups excluding carboxylic acids is 1. The summed E-state index contributed by atoms with van der Waals surface area (Å²) in [5.74, 6) is 0.107. The maximum Gasteiger partial charge on any atom is 0.227 e. The van der Waals surface area contributed by atoms with Gasteiger partial charge in [-0.25, -0.2) is 0 Å². The summed E-state index contributed by atoms with van der Waals surface area (Å²) in [6.45, 7) is 3.78. The molecule has 4 heteroatoms. The first-order valence-corrected chi connectivity index (χ1v) is 6.82. The average Bonchev–Trinajstić information content (AvgIpc) is 2.33. The summed E-state index contributed by atoms with van der Waals surface area (Å²) < 4.78 is 0. The number of amides is 1. The molecule has 3 unspecified atom stereocenters. The fraction of sp³-hybridized carbons (Fsp3) is 0.923. The van der Waals surface area contributed by atoms with Crippen molar-refractivity contribution in [2.45, 2.75) is 57.6 Å². The van der Waals surface area contributed by atoms with Gasteiger partial charge in [-0.05, 0) is 39.2 Å². The van der Waals surface area contributed by atoms with Crippen molar-refractivity contribution >= 4 is 5.91 Å². The number of aliphatic hydroxyl groups is 1. The van der Waals surface area contributed by atoms with Gasteiger partial charge in [0.25, 0.3) is 0 Å². The van der Waals surface area contributed by atoms with E-state index in [0.717, 1.165) is 51.6 Å². The van der Waals surface area contributed by atoms with Gasteiger partial charge < -0.3 is 15.7 Å². The summed E-state index contributed by atoms with van der Waals surface area (Å²) in [5.41, 5.74) is -0.296. The molecule has 4 nitrogen and oxygen atoms in total. The number of rotatable bonds is 2. The highest BCUT2D eigenvalue weighted by molar-refractivity contribution is 5.83. The molecule has 0 spiro atoms.